The van der Waals surface area contributed by atoms with Crippen LogP contribution in [-0.4, -0.2) is 15.1 Å². The molecule has 0 amide bonds. The zero-order valence-electron chi connectivity index (χ0n) is 8.84. The minimum Gasteiger partial charge on any atom is -0.504 e. The maximum Gasteiger partial charge on any atom is 0.158 e. The average molecular weight is 180 g/mol. The molecule has 0 atom stereocenters. The van der Waals surface area contributed by atoms with Crippen molar-refractivity contribution in [2.24, 2.45) is 0 Å². The molecule has 0 aliphatic heterocycles. The van der Waals surface area contributed by atoms with Gasteiger partial charge in [-0.15, -0.1) is 0 Å². The smallest absolute Gasteiger partial charge is 0.158 e. The van der Waals surface area contributed by atoms with Crippen LogP contribution in [0.25, 0.3) is 0 Å². The van der Waals surface area contributed by atoms with Crippen molar-refractivity contribution >= 4 is 0 Å². The van der Waals surface area contributed by atoms with Gasteiger partial charge in [0.15, 0.2) is 5.75 Å². The third-order valence-corrected chi connectivity index (χ3v) is 1.90. The summed E-state index contributed by atoms with van der Waals surface area (Å²) in [6.07, 6.45) is 0. The van der Waals surface area contributed by atoms with Crippen molar-refractivity contribution in [3.05, 3.63) is 17.2 Å². The van der Waals surface area contributed by atoms with E-state index in [1.807, 2.05) is 0 Å². The highest BCUT2D eigenvalue weighted by Gasteiger charge is 2.19. The molecule has 1 heterocycles. The van der Waals surface area contributed by atoms with Gasteiger partial charge in [-0.2, -0.15) is 0 Å². The molecular formula is C10H16N2O. The monoisotopic (exact) mass is 180 g/mol. The fourth-order valence-electron chi connectivity index (χ4n) is 1.05. The van der Waals surface area contributed by atoms with Gasteiger partial charge in [0.05, 0.1) is 11.4 Å². The summed E-state index contributed by atoms with van der Waals surface area (Å²) < 4.78 is 0. The Morgan fingerprint density at radius 3 is 1.69 bits per heavy atom. The number of hydrogen-bond donors (Lipinski definition) is 1. The van der Waals surface area contributed by atoms with Crippen LogP contribution < -0.4 is 0 Å². The van der Waals surface area contributed by atoms with Crippen LogP contribution >= 0.6 is 0 Å². The third kappa shape index (κ3) is 1.97. The Kier molecular flexibility index (Phi) is 2.28. The van der Waals surface area contributed by atoms with Gasteiger partial charge < -0.3 is 5.11 Å². The van der Waals surface area contributed by atoms with Gasteiger partial charge in [0.1, 0.15) is 5.82 Å². The van der Waals surface area contributed by atoms with E-state index in [4.69, 9.17) is 0 Å². The fourth-order valence-corrected chi connectivity index (χ4v) is 1.05. The summed E-state index contributed by atoms with van der Waals surface area (Å²) in [5, 5.41) is 9.47. The van der Waals surface area contributed by atoms with E-state index in [-0.39, 0.29) is 11.2 Å². The first-order chi connectivity index (χ1) is 5.82. The highest BCUT2D eigenvalue weighted by atomic mass is 16.3. The number of aryl methyl sites for hydroxylation is 2. The summed E-state index contributed by atoms with van der Waals surface area (Å²) in [7, 11) is 0. The molecule has 0 saturated carbocycles. The Labute approximate surface area is 78.9 Å². The van der Waals surface area contributed by atoms with Crippen molar-refractivity contribution in [3.8, 4) is 5.75 Å². The van der Waals surface area contributed by atoms with Crippen molar-refractivity contribution in [1.82, 2.24) is 9.97 Å². The molecule has 72 valence electrons. The molecular weight excluding hydrogens is 164 g/mol. The molecule has 1 aromatic heterocycles. The van der Waals surface area contributed by atoms with E-state index < -0.39 is 0 Å². The summed E-state index contributed by atoms with van der Waals surface area (Å²) in [6, 6.07) is 0. The molecule has 0 radical (unpaired) electrons. The zero-order chi connectivity index (χ0) is 10.2. The molecule has 1 N–H and O–H groups in total. The third-order valence-electron chi connectivity index (χ3n) is 1.90. The molecule has 1 aromatic rings. The first-order valence-corrected chi connectivity index (χ1v) is 4.37. The normalized spacial score (nSPS) is 11.8. The van der Waals surface area contributed by atoms with Crippen LogP contribution in [0.1, 0.15) is 38.0 Å². The largest absolute Gasteiger partial charge is 0.504 e. The Balaban J connectivity index is 3.29. The van der Waals surface area contributed by atoms with Crippen LogP contribution in [-0.2, 0) is 5.41 Å². The molecule has 0 saturated heterocycles. The van der Waals surface area contributed by atoms with Crippen LogP contribution in [0, 0.1) is 13.8 Å². The van der Waals surface area contributed by atoms with Crippen molar-refractivity contribution in [2.45, 2.75) is 40.0 Å². The van der Waals surface area contributed by atoms with Gasteiger partial charge in [-0.05, 0) is 13.8 Å². The van der Waals surface area contributed by atoms with E-state index in [1.54, 1.807) is 13.8 Å². The molecule has 1 rings (SSSR count). The van der Waals surface area contributed by atoms with E-state index >= 15 is 0 Å². The second-order valence-electron chi connectivity index (χ2n) is 4.32. The molecule has 0 spiro atoms. The Morgan fingerprint density at radius 2 is 1.38 bits per heavy atom. The number of aromatic nitrogens is 2. The van der Waals surface area contributed by atoms with Crippen molar-refractivity contribution < 1.29 is 5.11 Å². The number of hydrogen-bond acceptors (Lipinski definition) is 3. The van der Waals surface area contributed by atoms with Gasteiger partial charge >= 0.3 is 0 Å². The second kappa shape index (κ2) is 2.98. The number of aromatic hydroxyl groups is 1. The quantitative estimate of drug-likeness (QED) is 0.665. The highest BCUT2D eigenvalue weighted by Crippen LogP contribution is 2.23. The zero-order valence-corrected chi connectivity index (χ0v) is 8.84. The minimum atomic E-state index is -0.0663. The average Bonchev–Trinajstić information content (AvgIpc) is 1.97. The lowest BCUT2D eigenvalue weighted by atomic mass is 9.95. The van der Waals surface area contributed by atoms with Gasteiger partial charge in [0.25, 0.3) is 0 Å². The van der Waals surface area contributed by atoms with Crippen LogP contribution in [0.4, 0.5) is 0 Å². The van der Waals surface area contributed by atoms with Crippen LogP contribution in [0.5, 0.6) is 5.75 Å². The van der Waals surface area contributed by atoms with E-state index in [0.717, 1.165) is 5.82 Å². The molecule has 3 heteroatoms. The van der Waals surface area contributed by atoms with E-state index in [0.29, 0.717) is 11.4 Å². The van der Waals surface area contributed by atoms with Crippen LogP contribution in [0.3, 0.4) is 0 Å². The maximum atomic E-state index is 9.47. The summed E-state index contributed by atoms with van der Waals surface area (Å²) in [6.45, 7) is 9.74. The van der Waals surface area contributed by atoms with E-state index in [9.17, 15) is 5.11 Å². The van der Waals surface area contributed by atoms with Crippen LogP contribution in [0.2, 0.25) is 0 Å². The highest BCUT2D eigenvalue weighted by molar-refractivity contribution is 5.30. The van der Waals surface area contributed by atoms with Gasteiger partial charge in [-0.25, -0.2) is 9.97 Å². The van der Waals surface area contributed by atoms with Gasteiger partial charge in [-0.1, -0.05) is 20.8 Å². The Hall–Kier alpha value is -1.12. The Morgan fingerprint density at radius 1 is 1.00 bits per heavy atom. The van der Waals surface area contributed by atoms with Crippen molar-refractivity contribution in [3.63, 3.8) is 0 Å². The van der Waals surface area contributed by atoms with Gasteiger partial charge in [0, 0.05) is 5.41 Å². The standard InChI is InChI=1S/C10H16N2O/c1-6-8(13)7(2)12-9(11-6)10(3,4)5/h13H,1-5H3. The SMILES string of the molecule is Cc1nc(C(C)(C)C)nc(C)c1O. The fraction of sp³-hybridized carbons (Fsp3) is 0.600. The molecule has 0 fully saturated rings. The first kappa shape index (κ1) is 9.96. The lowest BCUT2D eigenvalue weighted by molar-refractivity contribution is 0.450. The summed E-state index contributed by atoms with van der Waals surface area (Å²) in [5.74, 6) is 0.980. The van der Waals surface area contributed by atoms with E-state index in [2.05, 4.69) is 30.7 Å². The molecule has 0 aliphatic rings. The maximum absolute atomic E-state index is 9.47. The Bertz CT molecular complexity index is 303. The molecule has 0 unspecified atom stereocenters. The van der Waals surface area contributed by atoms with Gasteiger partial charge in [-0.3, -0.25) is 0 Å². The van der Waals surface area contributed by atoms with E-state index in [1.165, 1.54) is 0 Å². The molecule has 13 heavy (non-hydrogen) atoms. The molecule has 0 aromatic carbocycles. The second-order valence-corrected chi connectivity index (χ2v) is 4.32. The molecule has 0 aliphatic carbocycles. The topological polar surface area (TPSA) is 46.0 Å². The summed E-state index contributed by atoms with van der Waals surface area (Å²) >= 11 is 0. The number of rotatable bonds is 0. The number of nitrogens with zero attached hydrogens (tertiary/aromatic N) is 2. The van der Waals surface area contributed by atoms with Crippen LogP contribution in [0.15, 0.2) is 0 Å². The van der Waals surface area contributed by atoms with Crippen molar-refractivity contribution in [1.29, 1.82) is 0 Å². The van der Waals surface area contributed by atoms with Crippen molar-refractivity contribution in [2.75, 3.05) is 0 Å². The predicted octanol–water partition coefficient (Wildman–Crippen LogP) is 2.10. The first-order valence-electron chi connectivity index (χ1n) is 4.37. The van der Waals surface area contributed by atoms with Gasteiger partial charge in [0.2, 0.25) is 0 Å². The summed E-state index contributed by atoms with van der Waals surface area (Å²) in [5.41, 5.74) is 1.23. The lowest BCUT2D eigenvalue weighted by Crippen LogP contribution is -2.17. The lowest BCUT2D eigenvalue weighted by Gasteiger charge is -2.17. The predicted molar refractivity (Wildman–Crippen MR) is 51.9 cm³/mol. The molecule has 0 bridgehead atoms. The minimum absolute atomic E-state index is 0.0663. The molecule has 3 nitrogen and oxygen atoms in total. The summed E-state index contributed by atoms with van der Waals surface area (Å²) in [4.78, 5) is 8.49.